The molecule has 1 heterocycles. The van der Waals surface area contributed by atoms with Crippen molar-refractivity contribution in [3.05, 3.63) is 88.5 Å². The van der Waals surface area contributed by atoms with Gasteiger partial charge in [0.25, 0.3) is 0 Å². The van der Waals surface area contributed by atoms with Gasteiger partial charge in [-0.3, -0.25) is 0 Å². The zero-order chi connectivity index (χ0) is 22.5. The molecular formula is C27H30FN3O. The highest BCUT2D eigenvalue weighted by atomic mass is 19.1. The van der Waals surface area contributed by atoms with Gasteiger partial charge in [-0.25, -0.2) is 9.07 Å². The number of aryl methyl sites for hydroxylation is 1. The van der Waals surface area contributed by atoms with Crippen molar-refractivity contribution in [3.63, 3.8) is 0 Å². The van der Waals surface area contributed by atoms with Crippen LogP contribution in [-0.2, 0) is 12.8 Å². The maximum Gasteiger partial charge on any atom is 0.123 e. The first-order valence-corrected chi connectivity index (χ1v) is 11.4. The van der Waals surface area contributed by atoms with Crippen molar-refractivity contribution in [3.8, 4) is 5.69 Å². The van der Waals surface area contributed by atoms with Crippen LogP contribution >= 0.6 is 0 Å². The van der Waals surface area contributed by atoms with Crippen LogP contribution in [0.5, 0.6) is 0 Å². The summed E-state index contributed by atoms with van der Waals surface area (Å²) in [5.74, 6) is -0.257. The molecule has 2 aliphatic carbocycles. The molecule has 1 unspecified atom stereocenters. The van der Waals surface area contributed by atoms with Crippen molar-refractivity contribution in [1.29, 1.82) is 0 Å². The van der Waals surface area contributed by atoms with Crippen LogP contribution in [0.2, 0.25) is 0 Å². The molecule has 1 aromatic heterocycles. The zero-order valence-electron chi connectivity index (χ0n) is 18.7. The van der Waals surface area contributed by atoms with Crippen molar-refractivity contribution in [2.75, 3.05) is 0 Å². The normalized spacial score (nSPS) is 25.2. The number of aromatic nitrogens is 2. The summed E-state index contributed by atoms with van der Waals surface area (Å²) in [6.45, 7) is 4.20. The number of halogens is 1. The summed E-state index contributed by atoms with van der Waals surface area (Å²) < 4.78 is 15.2. The highest BCUT2D eigenvalue weighted by molar-refractivity contribution is 5.62. The Morgan fingerprint density at radius 3 is 2.69 bits per heavy atom. The molecule has 3 aromatic rings. The molecule has 0 amide bonds. The molecule has 4 nitrogen and oxygen atoms in total. The molecular weight excluding hydrogens is 401 g/mol. The van der Waals surface area contributed by atoms with Crippen LogP contribution in [0, 0.1) is 11.2 Å². The summed E-state index contributed by atoms with van der Waals surface area (Å²) in [5.41, 5.74) is 11.7. The first-order valence-electron chi connectivity index (χ1n) is 11.4. The minimum atomic E-state index is -0.778. The Morgan fingerprint density at radius 2 is 1.94 bits per heavy atom. The number of hydrogen-bond donors (Lipinski definition) is 2. The average molecular weight is 432 g/mol. The summed E-state index contributed by atoms with van der Waals surface area (Å²) >= 11 is 0. The van der Waals surface area contributed by atoms with E-state index in [1.165, 1.54) is 23.3 Å². The first kappa shape index (κ1) is 21.1. The van der Waals surface area contributed by atoms with E-state index in [4.69, 9.17) is 5.73 Å². The van der Waals surface area contributed by atoms with E-state index in [2.05, 4.69) is 30.2 Å². The minimum absolute atomic E-state index is 0.0231. The molecule has 5 heteroatoms. The Bertz CT molecular complexity index is 1180. The molecule has 32 heavy (non-hydrogen) atoms. The Balaban J connectivity index is 1.43. The fourth-order valence-corrected chi connectivity index (χ4v) is 5.67. The van der Waals surface area contributed by atoms with Gasteiger partial charge in [0.2, 0.25) is 0 Å². The molecule has 166 valence electrons. The van der Waals surface area contributed by atoms with E-state index in [1.807, 2.05) is 29.9 Å². The lowest BCUT2D eigenvalue weighted by atomic mass is 9.65. The smallest absolute Gasteiger partial charge is 0.123 e. The van der Waals surface area contributed by atoms with Crippen LogP contribution in [0.25, 0.3) is 11.8 Å². The van der Waals surface area contributed by atoms with Crippen LogP contribution < -0.4 is 5.73 Å². The summed E-state index contributed by atoms with van der Waals surface area (Å²) in [6.07, 6.45) is 7.97. The first-order chi connectivity index (χ1) is 15.3. The molecule has 1 fully saturated rings. The van der Waals surface area contributed by atoms with Gasteiger partial charge >= 0.3 is 0 Å². The maximum absolute atomic E-state index is 13.4. The number of fused-ring (bicyclic) bond motifs is 2. The average Bonchev–Trinajstić information content (AvgIpc) is 3.29. The van der Waals surface area contributed by atoms with Gasteiger partial charge in [-0.05, 0) is 86.1 Å². The Labute approximate surface area is 188 Å². The number of aliphatic hydroxyl groups is 1. The second-order valence-corrected chi connectivity index (χ2v) is 9.64. The van der Waals surface area contributed by atoms with Gasteiger partial charge in [-0.1, -0.05) is 36.8 Å². The third kappa shape index (κ3) is 3.31. The molecule has 0 radical (unpaired) electrons. The minimum Gasteiger partial charge on any atom is -0.389 e. The molecule has 0 bridgehead atoms. The molecule has 3 N–H and O–H groups in total. The van der Waals surface area contributed by atoms with E-state index in [9.17, 15) is 9.50 Å². The van der Waals surface area contributed by atoms with E-state index < -0.39 is 5.60 Å². The van der Waals surface area contributed by atoms with Gasteiger partial charge in [0.15, 0.2) is 0 Å². The second-order valence-electron chi connectivity index (χ2n) is 9.64. The number of hydrogen-bond acceptors (Lipinski definition) is 3. The van der Waals surface area contributed by atoms with E-state index in [0.29, 0.717) is 6.42 Å². The van der Waals surface area contributed by atoms with Crippen LogP contribution in [0.1, 0.15) is 61.5 Å². The van der Waals surface area contributed by atoms with Gasteiger partial charge in [-0.2, -0.15) is 5.10 Å². The van der Waals surface area contributed by atoms with E-state index in [1.54, 1.807) is 12.1 Å². The summed E-state index contributed by atoms with van der Waals surface area (Å²) in [6, 6.07) is 14.7. The topological polar surface area (TPSA) is 64.1 Å². The molecule has 2 aromatic carbocycles. The van der Waals surface area contributed by atoms with Crippen LogP contribution in [0.3, 0.4) is 0 Å². The highest BCUT2D eigenvalue weighted by Gasteiger charge is 2.54. The number of rotatable bonds is 5. The van der Waals surface area contributed by atoms with Crippen molar-refractivity contribution in [2.24, 2.45) is 11.1 Å². The molecule has 0 saturated heterocycles. The Kier molecular flexibility index (Phi) is 5.06. The summed E-state index contributed by atoms with van der Waals surface area (Å²) in [7, 11) is 0. The zero-order valence-corrected chi connectivity index (χ0v) is 18.7. The Hall–Kier alpha value is -2.76. The van der Waals surface area contributed by atoms with Gasteiger partial charge in [-0.15, -0.1) is 0 Å². The van der Waals surface area contributed by atoms with E-state index >= 15 is 0 Å². The molecule has 0 aliphatic heterocycles. The van der Waals surface area contributed by atoms with Crippen molar-refractivity contribution < 1.29 is 9.50 Å². The van der Waals surface area contributed by atoms with Gasteiger partial charge in [0, 0.05) is 11.5 Å². The lowest BCUT2D eigenvalue weighted by Crippen LogP contribution is -2.45. The quantitative estimate of drug-likeness (QED) is 0.588. The van der Waals surface area contributed by atoms with E-state index in [0.717, 1.165) is 48.2 Å². The predicted octanol–water partition coefficient (Wildman–Crippen LogP) is 5.13. The van der Waals surface area contributed by atoms with Crippen LogP contribution in [0.4, 0.5) is 4.39 Å². The lowest BCUT2D eigenvalue weighted by molar-refractivity contribution is -0.0462. The van der Waals surface area contributed by atoms with Crippen molar-refractivity contribution in [2.45, 2.75) is 57.6 Å². The predicted molar refractivity (Wildman–Crippen MR) is 125 cm³/mol. The standard InChI is InChI=1S/C27H30FN3O/c1-18(29)24-6-4-3-5-19(24)11-13-27(32)14-12-21-15-25-20(16-26(21,27)2)17-30-31(25)23-9-7-22(28)8-10-23/h3-10,15,17-18,32H,11-14,16,29H2,1-2H3/t18-,26?,27+/m1/s1. The summed E-state index contributed by atoms with van der Waals surface area (Å²) in [5, 5.41) is 16.5. The van der Waals surface area contributed by atoms with E-state index in [-0.39, 0.29) is 17.3 Å². The van der Waals surface area contributed by atoms with Crippen LogP contribution in [0.15, 0.2) is 60.3 Å². The molecule has 5 rings (SSSR count). The third-order valence-electron chi connectivity index (χ3n) is 7.71. The molecule has 2 aliphatic rings. The maximum atomic E-state index is 13.4. The van der Waals surface area contributed by atoms with Gasteiger partial charge in [0.1, 0.15) is 5.82 Å². The largest absolute Gasteiger partial charge is 0.389 e. The lowest BCUT2D eigenvalue weighted by Gasteiger charge is -2.42. The summed E-state index contributed by atoms with van der Waals surface area (Å²) in [4.78, 5) is 0. The Morgan fingerprint density at radius 1 is 1.19 bits per heavy atom. The molecule has 3 atom stereocenters. The SMILES string of the molecule is C[C@@H](N)c1ccccc1CC[C@]1(O)CCC2=Cc3c(cnn3-c3ccc(F)cc3)CC21C. The van der Waals surface area contributed by atoms with Crippen molar-refractivity contribution >= 4 is 6.08 Å². The highest BCUT2D eigenvalue weighted by Crippen LogP contribution is 2.56. The van der Waals surface area contributed by atoms with Gasteiger partial charge in [0.05, 0.1) is 23.2 Å². The molecule has 1 saturated carbocycles. The van der Waals surface area contributed by atoms with Crippen LogP contribution in [-0.4, -0.2) is 20.5 Å². The second kappa shape index (κ2) is 7.68. The monoisotopic (exact) mass is 431 g/mol. The fourth-order valence-electron chi connectivity index (χ4n) is 5.67. The third-order valence-corrected chi connectivity index (χ3v) is 7.71. The molecule has 0 spiro atoms. The number of nitrogens with zero attached hydrogens (tertiary/aromatic N) is 2. The van der Waals surface area contributed by atoms with Gasteiger partial charge < -0.3 is 10.8 Å². The fraction of sp³-hybridized carbons (Fsp3) is 0.370. The number of nitrogens with two attached hydrogens (primary N) is 1. The van der Waals surface area contributed by atoms with Crippen molar-refractivity contribution in [1.82, 2.24) is 9.78 Å². The number of benzene rings is 2.